The molecule has 2 heterocycles. The van der Waals surface area contributed by atoms with Crippen molar-refractivity contribution in [2.24, 2.45) is 0 Å². The first-order valence-corrected chi connectivity index (χ1v) is 7.26. The summed E-state index contributed by atoms with van der Waals surface area (Å²) in [7, 11) is 0. The van der Waals surface area contributed by atoms with Crippen LogP contribution in [-0.4, -0.2) is 78.9 Å². The third-order valence-corrected chi connectivity index (χ3v) is 3.83. The highest BCUT2D eigenvalue weighted by Crippen LogP contribution is 2.17. The molecule has 0 aromatic carbocycles. The van der Waals surface area contributed by atoms with E-state index < -0.39 is 12.0 Å². The molecule has 0 spiro atoms. The van der Waals surface area contributed by atoms with Crippen molar-refractivity contribution < 1.29 is 19.4 Å². The van der Waals surface area contributed by atoms with Gasteiger partial charge in [-0.3, -0.25) is 4.90 Å². The van der Waals surface area contributed by atoms with Gasteiger partial charge in [-0.15, -0.1) is 0 Å². The first-order valence-electron chi connectivity index (χ1n) is 7.26. The molecule has 2 rings (SSSR count). The fourth-order valence-corrected chi connectivity index (χ4v) is 2.69. The van der Waals surface area contributed by atoms with Crippen LogP contribution >= 0.6 is 0 Å². The van der Waals surface area contributed by atoms with E-state index in [1.165, 1.54) is 4.90 Å². The monoisotopic (exact) mass is 285 g/mol. The lowest BCUT2D eigenvalue weighted by atomic mass is 10.2. The Bertz CT molecular complexity index is 345. The van der Waals surface area contributed by atoms with Crippen LogP contribution in [0, 0.1) is 0 Å². The number of rotatable bonds is 5. The minimum absolute atomic E-state index is 0.253. The zero-order chi connectivity index (χ0) is 14.4. The van der Waals surface area contributed by atoms with Gasteiger partial charge >= 0.3 is 12.0 Å². The molecule has 0 aliphatic carbocycles. The summed E-state index contributed by atoms with van der Waals surface area (Å²) < 4.78 is 5.27. The number of likely N-dealkylation sites (tertiary alicyclic amines) is 1. The fraction of sp³-hybridized carbons (Fsp3) is 0.846. The van der Waals surface area contributed by atoms with E-state index in [9.17, 15) is 9.59 Å². The van der Waals surface area contributed by atoms with Gasteiger partial charge in [0.15, 0.2) is 0 Å². The predicted molar refractivity (Wildman–Crippen MR) is 72.6 cm³/mol. The number of nitrogens with zero attached hydrogens (tertiary/aromatic N) is 2. The summed E-state index contributed by atoms with van der Waals surface area (Å²) in [5.74, 6) is -0.911. The highest BCUT2D eigenvalue weighted by molar-refractivity contribution is 5.83. The van der Waals surface area contributed by atoms with E-state index in [2.05, 4.69) is 10.2 Å². The van der Waals surface area contributed by atoms with Gasteiger partial charge in [-0.1, -0.05) is 0 Å². The molecule has 2 amide bonds. The van der Waals surface area contributed by atoms with Crippen molar-refractivity contribution in [1.82, 2.24) is 15.1 Å². The number of urea groups is 1. The van der Waals surface area contributed by atoms with Crippen LogP contribution in [0.1, 0.15) is 19.3 Å². The first kappa shape index (κ1) is 15.1. The van der Waals surface area contributed by atoms with E-state index >= 15 is 0 Å². The first-order chi connectivity index (χ1) is 9.68. The van der Waals surface area contributed by atoms with Crippen LogP contribution in [0.3, 0.4) is 0 Å². The van der Waals surface area contributed by atoms with Gasteiger partial charge in [0.1, 0.15) is 6.04 Å². The molecule has 2 saturated heterocycles. The number of carbonyl (C=O) groups excluding carboxylic acids is 1. The average molecular weight is 285 g/mol. The number of carbonyl (C=O) groups is 2. The second-order valence-corrected chi connectivity index (χ2v) is 5.23. The molecule has 2 N–H and O–H groups in total. The maximum absolute atomic E-state index is 11.9. The maximum Gasteiger partial charge on any atom is 0.326 e. The summed E-state index contributed by atoms with van der Waals surface area (Å²) in [6.07, 6.45) is 2.19. The molecule has 0 radical (unpaired) electrons. The number of ether oxygens (including phenoxy) is 1. The van der Waals surface area contributed by atoms with Gasteiger partial charge in [0.05, 0.1) is 13.2 Å². The Morgan fingerprint density at radius 3 is 2.70 bits per heavy atom. The van der Waals surface area contributed by atoms with Gasteiger partial charge in [-0.25, -0.2) is 9.59 Å². The van der Waals surface area contributed by atoms with Crippen LogP contribution in [0.4, 0.5) is 4.79 Å². The van der Waals surface area contributed by atoms with Crippen LogP contribution in [0.5, 0.6) is 0 Å². The number of hydrogen-bond donors (Lipinski definition) is 2. The van der Waals surface area contributed by atoms with E-state index in [1.54, 1.807) is 0 Å². The average Bonchev–Trinajstić information content (AvgIpc) is 2.94. The third kappa shape index (κ3) is 4.08. The Morgan fingerprint density at radius 1 is 1.25 bits per heavy atom. The quantitative estimate of drug-likeness (QED) is 0.693. The van der Waals surface area contributed by atoms with Gasteiger partial charge < -0.3 is 20.1 Å². The standard InChI is InChI=1S/C13H23N3O4/c17-12(18)11-3-1-6-16(11)13(19)14-4-2-5-15-7-9-20-10-8-15/h11H,1-10H2,(H,14,19)(H,17,18). The van der Waals surface area contributed by atoms with Crippen molar-refractivity contribution in [3.05, 3.63) is 0 Å². The highest BCUT2D eigenvalue weighted by atomic mass is 16.5. The summed E-state index contributed by atoms with van der Waals surface area (Å²) in [6.45, 7) is 5.50. The SMILES string of the molecule is O=C(O)C1CCCN1C(=O)NCCCN1CCOCC1. The number of morpholine rings is 1. The van der Waals surface area contributed by atoms with Gasteiger partial charge in [0, 0.05) is 26.2 Å². The van der Waals surface area contributed by atoms with Gasteiger partial charge in [-0.05, 0) is 25.8 Å². The Labute approximate surface area is 118 Å². The lowest BCUT2D eigenvalue weighted by molar-refractivity contribution is -0.141. The molecule has 0 aromatic rings. The topological polar surface area (TPSA) is 82.1 Å². The highest BCUT2D eigenvalue weighted by Gasteiger charge is 2.33. The molecule has 0 aromatic heterocycles. The molecular weight excluding hydrogens is 262 g/mol. The lowest BCUT2D eigenvalue weighted by Crippen LogP contribution is -2.46. The van der Waals surface area contributed by atoms with Crippen LogP contribution in [0.15, 0.2) is 0 Å². The minimum atomic E-state index is -0.911. The Hall–Kier alpha value is -1.34. The lowest BCUT2D eigenvalue weighted by Gasteiger charge is -2.26. The van der Waals surface area contributed by atoms with Crippen molar-refractivity contribution in [1.29, 1.82) is 0 Å². The molecule has 114 valence electrons. The van der Waals surface area contributed by atoms with Crippen LogP contribution in [-0.2, 0) is 9.53 Å². The molecule has 1 atom stereocenters. The molecule has 7 heteroatoms. The fourth-order valence-electron chi connectivity index (χ4n) is 2.69. The summed E-state index contributed by atoms with van der Waals surface area (Å²) in [6, 6.07) is -0.911. The van der Waals surface area contributed by atoms with Gasteiger partial charge in [0.25, 0.3) is 0 Å². The van der Waals surface area contributed by atoms with Crippen LogP contribution in [0.25, 0.3) is 0 Å². The summed E-state index contributed by atoms with van der Waals surface area (Å²) in [5, 5.41) is 11.8. The van der Waals surface area contributed by atoms with E-state index in [0.29, 0.717) is 19.5 Å². The number of carboxylic acid groups (broad SMARTS) is 1. The van der Waals surface area contributed by atoms with E-state index in [1.807, 2.05) is 0 Å². The summed E-state index contributed by atoms with van der Waals surface area (Å²) in [5.41, 5.74) is 0. The minimum Gasteiger partial charge on any atom is -0.480 e. The molecule has 0 saturated carbocycles. The molecule has 2 fully saturated rings. The largest absolute Gasteiger partial charge is 0.480 e. The van der Waals surface area contributed by atoms with Crippen molar-refractivity contribution >= 4 is 12.0 Å². The zero-order valence-corrected chi connectivity index (χ0v) is 11.7. The Morgan fingerprint density at radius 2 is 2.00 bits per heavy atom. The molecule has 2 aliphatic rings. The predicted octanol–water partition coefficient (Wildman–Crippen LogP) is -0.0327. The van der Waals surface area contributed by atoms with E-state index in [4.69, 9.17) is 9.84 Å². The second-order valence-electron chi connectivity index (χ2n) is 5.23. The maximum atomic E-state index is 11.9. The smallest absolute Gasteiger partial charge is 0.326 e. The Kier molecular flexibility index (Phi) is 5.60. The van der Waals surface area contributed by atoms with Gasteiger partial charge in [0.2, 0.25) is 0 Å². The van der Waals surface area contributed by atoms with Crippen LogP contribution in [0.2, 0.25) is 0 Å². The van der Waals surface area contributed by atoms with Crippen molar-refractivity contribution in [3.8, 4) is 0 Å². The molecule has 7 nitrogen and oxygen atoms in total. The number of amides is 2. The molecule has 2 aliphatic heterocycles. The second kappa shape index (κ2) is 7.44. The molecular formula is C13H23N3O4. The normalized spacial score (nSPS) is 23.8. The Balaban J connectivity index is 1.63. The molecule has 0 bridgehead atoms. The summed E-state index contributed by atoms with van der Waals surface area (Å²) in [4.78, 5) is 26.7. The number of nitrogens with one attached hydrogen (secondary N) is 1. The zero-order valence-electron chi connectivity index (χ0n) is 11.7. The van der Waals surface area contributed by atoms with E-state index in [-0.39, 0.29) is 6.03 Å². The van der Waals surface area contributed by atoms with Crippen molar-refractivity contribution in [2.75, 3.05) is 45.9 Å². The van der Waals surface area contributed by atoms with Crippen molar-refractivity contribution in [3.63, 3.8) is 0 Å². The van der Waals surface area contributed by atoms with Crippen molar-refractivity contribution in [2.45, 2.75) is 25.3 Å². The number of aliphatic carboxylic acids is 1. The molecule has 1 unspecified atom stereocenters. The number of carboxylic acids is 1. The number of hydrogen-bond acceptors (Lipinski definition) is 4. The summed E-state index contributed by atoms with van der Waals surface area (Å²) >= 11 is 0. The third-order valence-electron chi connectivity index (χ3n) is 3.83. The molecule has 20 heavy (non-hydrogen) atoms. The van der Waals surface area contributed by atoms with Crippen LogP contribution < -0.4 is 5.32 Å². The van der Waals surface area contributed by atoms with E-state index in [0.717, 1.165) is 45.7 Å². The van der Waals surface area contributed by atoms with Gasteiger partial charge in [-0.2, -0.15) is 0 Å².